The number of urea groups is 1. The zero-order chi connectivity index (χ0) is 23.5. The van der Waals surface area contributed by atoms with Crippen LogP contribution in [0.1, 0.15) is 6.92 Å². The summed E-state index contributed by atoms with van der Waals surface area (Å²) in [5.74, 6) is -1.05. The zero-order valence-electron chi connectivity index (χ0n) is 17.8. The van der Waals surface area contributed by atoms with Crippen LogP contribution < -0.4 is 20.0 Å². The molecule has 2 aliphatic heterocycles. The number of cyclic esters (lactones) is 1. The maximum atomic E-state index is 15.0. The number of ether oxygens (including phenoxy) is 2. The van der Waals surface area contributed by atoms with Crippen molar-refractivity contribution in [3.8, 4) is 0 Å². The Bertz CT molecular complexity index is 1070. The lowest BCUT2D eigenvalue weighted by atomic mass is 10.2. The highest BCUT2D eigenvalue weighted by atomic mass is 32.1. The molecular weight excluding hydrogens is 454 g/mol. The highest BCUT2D eigenvalue weighted by molar-refractivity contribution is 7.80. The summed E-state index contributed by atoms with van der Waals surface area (Å²) in [6.45, 7) is 3.31. The van der Waals surface area contributed by atoms with Crippen molar-refractivity contribution >= 4 is 46.6 Å². The van der Waals surface area contributed by atoms with E-state index in [1.54, 1.807) is 13.0 Å². The summed E-state index contributed by atoms with van der Waals surface area (Å²) in [4.78, 5) is 29.2. The van der Waals surface area contributed by atoms with Crippen molar-refractivity contribution in [1.82, 2.24) is 5.32 Å². The van der Waals surface area contributed by atoms with Gasteiger partial charge >= 0.3 is 12.1 Å². The van der Waals surface area contributed by atoms with Gasteiger partial charge in [0.05, 0.1) is 31.1 Å². The molecule has 2 heterocycles. The highest BCUT2D eigenvalue weighted by Crippen LogP contribution is 2.31. The standard InChI is InChI=1S/C22H22F2N4O4S/c1-2-31-20(33)25-12-17-13-28(22(30)32-17)16-7-8-19(18(24)11-16)27-10-9-26(21(27)29)15-5-3-14(23)4-6-15/h3-8,11,17H,2,9-10,12-13H2,1H3,(H,25,33)/t17-/m0/s1. The predicted molar refractivity (Wildman–Crippen MR) is 123 cm³/mol. The van der Waals surface area contributed by atoms with Crippen LogP contribution in [-0.2, 0) is 9.47 Å². The average molecular weight is 477 g/mol. The zero-order valence-corrected chi connectivity index (χ0v) is 18.6. The van der Waals surface area contributed by atoms with Gasteiger partial charge in [-0.3, -0.25) is 14.7 Å². The maximum Gasteiger partial charge on any atom is 0.414 e. The Kier molecular flexibility index (Phi) is 6.59. The van der Waals surface area contributed by atoms with Gasteiger partial charge in [0.25, 0.3) is 5.17 Å². The number of anilines is 3. The first kappa shape index (κ1) is 22.7. The molecule has 2 aliphatic rings. The Morgan fingerprint density at radius 3 is 2.48 bits per heavy atom. The Hall–Kier alpha value is -3.47. The van der Waals surface area contributed by atoms with E-state index in [1.807, 2.05) is 0 Å². The quantitative estimate of drug-likeness (QED) is 0.642. The van der Waals surface area contributed by atoms with Gasteiger partial charge in [0, 0.05) is 18.8 Å². The molecule has 0 radical (unpaired) electrons. The van der Waals surface area contributed by atoms with Crippen LogP contribution in [0.5, 0.6) is 0 Å². The lowest BCUT2D eigenvalue weighted by Gasteiger charge is -2.20. The fraction of sp³-hybridized carbons (Fsp3) is 0.318. The monoisotopic (exact) mass is 476 g/mol. The van der Waals surface area contributed by atoms with E-state index in [9.17, 15) is 18.4 Å². The molecule has 0 spiro atoms. The van der Waals surface area contributed by atoms with Crippen LogP contribution >= 0.6 is 12.2 Å². The van der Waals surface area contributed by atoms with Crippen LogP contribution in [0.15, 0.2) is 42.5 Å². The van der Waals surface area contributed by atoms with Crippen molar-refractivity contribution in [3.63, 3.8) is 0 Å². The van der Waals surface area contributed by atoms with Gasteiger partial charge in [-0.25, -0.2) is 18.4 Å². The molecular formula is C22H22F2N4O4S. The summed E-state index contributed by atoms with van der Waals surface area (Å²) in [5, 5.41) is 3.08. The molecule has 1 atom stereocenters. The molecule has 2 aromatic carbocycles. The Morgan fingerprint density at radius 1 is 1.09 bits per heavy atom. The predicted octanol–water partition coefficient (Wildman–Crippen LogP) is 3.65. The normalized spacial score (nSPS) is 18.0. The van der Waals surface area contributed by atoms with E-state index >= 15 is 0 Å². The second kappa shape index (κ2) is 9.57. The summed E-state index contributed by atoms with van der Waals surface area (Å²) >= 11 is 4.99. The number of carbonyl (C=O) groups is 2. The third-order valence-corrected chi connectivity index (χ3v) is 5.57. The molecule has 3 amide bonds. The minimum absolute atomic E-state index is 0.0983. The summed E-state index contributed by atoms with van der Waals surface area (Å²) in [6, 6.07) is 9.35. The Morgan fingerprint density at radius 2 is 1.79 bits per heavy atom. The van der Waals surface area contributed by atoms with Crippen molar-refractivity contribution in [2.24, 2.45) is 0 Å². The topological polar surface area (TPSA) is 74.4 Å². The molecule has 0 aromatic heterocycles. The van der Waals surface area contributed by atoms with Crippen molar-refractivity contribution < 1.29 is 27.8 Å². The first-order valence-corrected chi connectivity index (χ1v) is 10.8. The van der Waals surface area contributed by atoms with E-state index in [1.165, 1.54) is 51.1 Å². The van der Waals surface area contributed by atoms with Crippen LogP contribution in [-0.4, -0.2) is 56.2 Å². The number of halogens is 2. The molecule has 2 aromatic rings. The largest absolute Gasteiger partial charge is 0.471 e. The summed E-state index contributed by atoms with van der Waals surface area (Å²) < 4.78 is 38.6. The number of carbonyl (C=O) groups excluding carboxylic acids is 2. The number of nitrogens with zero attached hydrogens (tertiary/aromatic N) is 3. The molecule has 0 bridgehead atoms. The maximum absolute atomic E-state index is 15.0. The SMILES string of the molecule is CCOC(=S)NC[C@H]1CN(c2ccc(N3CCN(c4ccc(F)cc4)C3=O)c(F)c2)C(=O)O1. The molecule has 2 fully saturated rings. The van der Waals surface area contributed by atoms with E-state index in [-0.39, 0.29) is 30.5 Å². The van der Waals surface area contributed by atoms with Crippen molar-refractivity contribution in [2.75, 3.05) is 47.5 Å². The van der Waals surface area contributed by atoms with Gasteiger partial charge in [-0.15, -0.1) is 0 Å². The van der Waals surface area contributed by atoms with Gasteiger partial charge in [-0.1, -0.05) is 0 Å². The second-order valence-electron chi connectivity index (χ2n) is 7.42. The van der Waals surface area contributed by atoms with Crippen LogP contribution in [0.4, 0.5) is 35.4 Å². The molecule has 174 valence electrons. The number of hydrogen-bond acceptors (Lipinski definition) is 5. The van der Waals surface area contributed by atoms with E-state index in [2.05, 4.69) is 5.32 Å². The summed E-state index contributed by atoms with van der Waals surface area (Å²) in [6.07, 6.45) is -1.08. The Labute approximate surface area is 194 Å². The van der Waals surface area contributed by atoms with Gasteiger partial charge in [-0.05, 0) is 61.6 Å². The summed E-state index contributed by atoms with van der Waals surface area (Å²) in [5.41, 5.74) is 0.948. The van der Waals surface area contributed by atoms with Crippen LogP contribution in [0.25, 0.3) is 0 Å². The van der Waals surface area contributed by atoms with Crippen molar-refractivity contribution in [1.29, 1.82) is 0 Å². The lowest BCUT2D eigenvalue weighted by molar-refractivity contribution is 0.141. The van der Waals surface area contributed by atoms with Gasteiger partial charge in [0.1, 0.15) is 17.7 Å². The molecule has 4 rings (SSSR count). The third kappa shape index (κ3) is 4.82. The van der Waals surface area contributed by atoms with E-state index < -0.39 is 29.9 Å². The van der Waals surface area contributed by atoms with Gasteiger partial charge in [0.15, 0.2) is 0 Å². The number of benzene rings is 2. The van der Waals surface area contributed by atoms with Crippen LogP contribution in [0.3, 0.4) is 0 Å². The van der Waals surface area contributed by atoms with E-state index in [4.69, 9.17) is 21.7 Å². The van der Waals surface area contributed by atoms with E-state index in [0.717, 1.165) is 0 Å². The molecule has 0 saturated carbocycles. The smallest absolute Gasteiger partial charge is 0.414 e. The van der Waals surface area contributed by atoms with Gasteiger partial charge < -0.3 is 14.8 Å². The average Bonchev–Trinajstić information content (AvgIpc) is 3.35. The minimum atomic E-state index is -0.645. The molecule has 33 heavy (non-hydrogen) atoms. The van der Waals surface area contributed by atoms with Gasteiger partial charge in [-0.2, -0.15) is 0 Å². The highest BCUT2D eigenvalue weighted by Gasteiger charge is 2.35. The van der Waals surface area contributed by atoms with Crippen LogP contribution in [0, 0.1) is 11.6 Å². The molecule has 8 nitrogen and oxygen atoms in total. The molecule has 2 saturated heterocycles. The third-order valence-electron chi connectivity index (χ3n) is 5.30. The summed E-state index contributed by atoms with van der Waals surface area (Å²) in [7, 11) is 0. The fourth-order valence-corrected chi connectivity index (χ4v) is 3.92. The number of nitrogens with one attached hydrogen (secondary N) is 1. The molecule has 0 aliphatic carbocycles. The molecule has 11 heteroatoms. The van der Waals surface area contributed by atoms with E-state index in [0.29, 0.717) is 24.5 Å². The van der Waals surface area contributed by atoms with Crippen molar-refractivity contribution in [3.05, 3.63) is 54.1 Å². The first-order chi connectivity index (χ1) is 15.9. The number of amides is 3. The van der Waals surface area contributed by atoms with Crippen molar-refractivity contribution in [2.45, 2.75) is 13.0 Å². The second-order valence-corrected chi connectivity index (χ2v) is 7.79. The Balaban J connectivity index is 1.43. The first-order valence-electron chi connectivity index (χ1n) is 10.4. The fourth-order valence-electron chi connectivity index (χ4n) is 3.72. The number of rotatable bonds is 6. The number of thiocarbonyl (C=S) groups is 1. The molecule has 0 unspecified atom stereocenters. The minimum Gasteiger partial charge on any atom is -0.471 e. The van der Waals surface area contributed by atoms with Crippen LogP contribution in [0.2, 0.25) is 0 Å². The number of hydrogen-bond donors (Lipinski definition) is 1. The van der Waals surface area contributed by atoms with Gasteiger partial charge in [0.2, 0.25) is 0 Å². The lowest BCUT2D eigenvalue weighted by Crippen LogP contribution is -2.35. The molecule has 1 N–H and O–H groups in total.